The second-order valence-corrected chi connectivity index (χ2v) is 10.5. The third kappa shape index (κ3) is 5.82. The lowest BCUT2D eigenvalue weighted by atomic mass is 10.2. The topological polar surface area (TPSA) is 38.5 Å². The molecule has 5 aromatic rings. The van der Waals surface area contributed by atoms with Crippen LogP contribution in [0.1, 0.15) is 5.56 Å². The number of halogens is 1. The molecule has 0 spiro atoms. The summed E-state index contributed by atoms with van der Waals surface area (Å²) in [6.07, 6.45) is 0. The molecule has 1 aliphatic rings. The Labute approximate surface area is 244 Å². The van der Waals surface area contributed by atoms with Gasteiger partial charge in [-0.05, 0) is 66.8 Å². The predicted octanol–water partition coefficient (Wildman–Crippen LogP) is 7.08. The quantitative estimate of drug-likeness (QED) is 0.187. The van der Waals surface area contributed by atoms with Gasteiger partial charge in [-0.3, -0.25) is 9.47 Å². The van der Waals surface area contributed by atoms with Crippen LogP contribution in [-0.4, -0.2) is 45.4 Å². The van der Waals surface area contributed by atoms with Gasteiger partial charge in [-0.15, -0.1) is 5.10 Å². The zero-order valence-corrected chi connectivity index (χ0v) is 23.6. The average molecular weight is 568 g/mol. The Balaban J connectivity index is 1.22. The number of anilines is 1. The van der Waals surface area contributed by atoms with E-state index in [9.17, 15) is 0 Å². The van der Waals surface area contributed by atoms with Gasteiger partial charge in [-0.2, -0.15) is 0 Å². The van der Waals surface area contributed by atoms with E-state index in [-0.39, 0.29) is 0 Å². The standard InChI is InChI=1S/C32H30ClN5OS/c33-30-14-8-7-9-26(30)23-39-29-17-15-25(16-18-29)31-34-37(32(40)38(31)28-12-5-2-6-13-28)24-35-19-21-36(22-20-35)27-10-3-1-4-11-27/h1-18H,19-24H2. The molecule has 0 aliphatic carbocycles. The third-order valence-corrected chi connectivity index (χ3v) is 7.91. The molecule has 8 heteroatoms. The Morgan fingerprint density at radius 3 is 2.02 bits per heavy atom. The Bertz CT molecular complexity index is 1610. The van der Waals surface area contributed by atoms with Crippen molar-refractivity contribution in [1.29, 1.82) is 0 Å². The van der Waals surface area contributed by atoms with E-state index in [1.807, 2.05) is 71.4 Å². The number of benzene rings is 4. The number of nitrogens with zero attached hydrogens (tertiary/aromatic N) is 5. The third-order valence-electron chi connectivity index (χ3n) is 7.15. The van der Waals surface area contributed by atoms with E-state index < -0.39 is 0 Å². The lowest BCUT2D eigenvalue weighted by Crippen LogP contribution is -2.47. The number of rotatable bonds is 8. The van der Waals surface area contributed by atoms with Gasteiger partial charge in [0.2, 0.25) is 4.77 Å². The fourth-order valence-corrected chi connectivity index (χ4v) is 5.43. The summed E-state index contributed by atoms with van der Waals surface area (Å²) in [5, 5.41) is 5.73. The summed E-state index contributed by atoms with van der Waals surface area (Å²) in [7, 11) is 0. The van der Waals surface area contributed by atoms with E-state index >= 15 is 0 Å². The molecule has 0 saturated carbocycles. The fraction of sp³-hybridized carbons (Fsp3) is 0.188. The summed E-state index contributed by atoms with van der Waals surface area (Å²) in [5.41, 5.74) is 4.18. The smallest absolute Gasteiger partial charge is 0.204 e. The van der Waals surface area contributed by atoms with Crippen LogP contribution in [0.25, 0.3) is 17.1 Å². The molecule has 1 saturated heterocycles. The predicted molar refractivity (Wildman–Crippen MR) is 164 cm³/mol. The fourth-order valence-electron chi connectivity index (χ4n) is 4.95. The van der Waals surface area contributed by atoms with Crippen molar-refractivity contribution >= 4 is 29.5 Å². The van der Waals surface area contributed by atoms with Crippen LogP contribution in [-0.2, 0) is 13.3 Å². The lowest BCUT2D eigenvalue weighted by Gasteiger charge is -2.35. The first-order valence-corrected chi connectivity index (χ1v) is 14.2. The van der Waals surface area contributed by atoms with E-state index in [1.54, 1.807) is 0 Å². The second-order valence-electron chi connectivity index (χ2n) is 9.76. The highest BCUT2D eigenvalue weighted by Crippen LogP contribution is 2.26. The van der Waals surface area contributed by atoms with E-state index in [1.165, 1.54) is 5.69 Å². The first-order valence-electron chi connectivity index (χ1n) is 13.4. The van der Waals surface area contributed by atoms with Gasteiger partial charge < -0.3 is 9.64 Å². The maximum Gasteiger partial charge on any atom is 0.204 e. The molecular formula is C32H30ClN5OS. The van der Waals surface area contributed by atoms with E-state index in [0.29, 0.717) is 23.1 Å². The van der Waals surface area contributed by atoms with Gasteiger partial charge in [0.1, 0.15) is 12.4 Å². The van der Waals surface area contributed by atoms with Crippen molar-refractivity contribution in [3.05, 3.63) is 125 Å². The molecule has 6 rings (SSSR count). The van der Waals surface area contributed by atoms with Crippen LogP contribution >= 0.6 is 23.8 Å². The highest BCUT2D eigenvalue weighted by molar-refractivity contribution is 7.71. The van der Waals surface area contributed by atoms with Crippen LogP contribution in [0.15, 0.2) is 109 Å². The van der Waals surface area contributed by atoms with Gasteiger partial charge >= 0.3 is 0 Å². The molecule has 0 radical (unpaired) electrons. The molecule has 2 heterocycles. The highest BCUT2D eigenvalue weighted by atomic mass is 35.5. The van der Waals surface area contributed by atoms with Gasteiger partial charge in [0.25, 0.3) is 0 Å². The van der Waals surface area contributed by atoms with Crippen molar-refractivity contribution in [3.8, 4) is 22.8 Å². The molecule has 4 aromatic carbocycles. The minimum Gasteiger partial charge on any atom is -0.489 e. The van der Waals surface area contributed by atoms with E-state index in [2.05, 4.69) is 56.8 Å². The first-order chi connectivity index (χ1) is 19.7. The van der Waals surface area contributed by atoms with Crippen LogP contribution < -0.4 is 9.64 Å². The van der Waals surface area contributed by atoms with Gasteiger partial charge in [0.05, 0.1) is 6.67 Å². The summed E-state index contributed by atoms with van der Waals surface area (Å²) in [6, 6.07) is 36.5. The van der Waals surface area contributed by atoms with Gasteiger partial charge in [0, 0.05) is 53.7 Å². The summed E-state index contributed by atoms with van der Waals surface area (Å²) in [4.78, 5) is 4.84. The first kappa shape index (κ1) is 26.3. The molecule has 1 aromatic heterocycles. The van der Waals surface area contributed by atoms with Crippen LogP contribution in [0.5, 0.6) is 5.75 Å². The molecule has 6 nitrogen and oxygen atoms in total. The van der Waals surface area contributed by atoms with Crippen LogP contribution in [0.2, 0.25) is 5.02 Å². The van der Waals surface area contributed by atoms with E-state index in [0.717, 1.165) is 54.6 Å². The average Bonchev–Trinajstić information content (AvgIpc) is 3.33. The van der Waals surface area contributed by atoms with Crippen molar-refractivity contribution in [2.75, 3.05) is 31.1 Å². The van der Waals surface area contributed by atoms with Crippen molar-refractivity contribution in [2.24, 2.45) is 0 Å². The Morgan fingerprint density at radius 1 is 0.725 bits per heavy atom. The number of para-hydroxylation sites is 2. The molecule has 40 heavy (non-hydrogen) atoms. The summed E-state index contributed by atoms with van der Waals surface area (Å²) in [5.74, 6) is 1.57. The Hall–Kier alpha value is -3.91. The minimum atomic E-state index is 0.408. The maximum absolute atomic E-state index is 6.28. The molecule has 1 fully saturated rings. The maximum atomic E-state index is 6.28. The Kier molecular flexibility index (Phi) is 7.95. The molecule has 0 amide bonds. The lowest BCUT2D eigenvalue weighted by molar-refractivity contribution is 0.194. The minimum absolute atomic E-state index is 0.408. The molecule has 1 aliphatic heterocycles. The van der Waals surface area contributed by atoms with Gasteiger partial charge in [-0.25, -0.2) is 4.68 Å². The number of hydrogen-bond donors (Lipinski definition) is 0. The number of piperazine rings is 1. The normalized spacial score (nSPS) is 13.9. The summed E-state index contributed by atoms with van der Waals surface area (Å²) in [6.45, 7) is 4.89. The van der Waals surface area contributed by atoms with Crippen molar-refractivity contribution < 1.29 is 4.74 Å². The van der Waals surface area contributed by atoms with Crippen LogP contribution in [0.4, 0.5) is 5.69 Å². The Morgan fingerprint density at radius 2 is 1.35 bits per heavy atom. The number of hydrogen-bond acceptors (Lipinski definition) is 5. The zero-order valence-electron chi connectivity index (χ0n) is 22.1. The summed E-state index contributed by atoms with van der Waals surface area (Å²) >= 11 is 12.3. The van der Waals surface area contributed by atoms with Crippen molar-refractivity contribution in [2.45, 2.75) is 13.3 Å². The monoisotopic (exact) mass is 567 g/mol. The van der Waals surface area contributed by atoms with Gasteiger partial charge in [0.15, 0.2) is 5.82 Å². The summed E-state index contributed by atoms with van der Waals surface area (Å²) < 4.78 is 10.7. The van der Waals surface area contributed by atoms with Crippen LogP contribution in [0.3, 0.4) is 0 Å². The largest absolute Gasteiger partial charge is 0.489 e. The SMILES string of the molecule is S=c1n(CN2CCN(c3ccccc3)CC2)nc(-c2ccc(OCc3ccccc3Cl)cc2)n1-c1ccccc1. The van der Waals surface area contributed by atoms with Crippen molar-refractivity contribution in [1.82, 2.24) is 19.2 Å². The van der Waals surface area contributed by atoms with Crippen molar-refractivity contribution in [3.63, 3.8) is 0 Å². The zero-order chi connectivity index (χ0) is 27.3. The van der Waals surface area contributed by atoms with Gasteiger partial charge in [-0.1, -0.05) is 66.2 Å². The molecule has 0 atom stereocenters. The second kappa shape index (κ2) is 12.1. The molecule has 0 N–H and O–H groups in total. The number of aromatic nitrogens is 3. The molecule has 0 unspecified atom stereocenters. The van der Waals surface area contributed by atoms with Crippen LogP contribution in [0, 0.1) is 4.77 Å². The molecular weight excluding hydrogens is 538 g/mol. The van der Waals surface area contributed by atoms with E-state index in [4.69, 9.17) is 33.7 Å². The number of ether oxygens (including phenoxy) is 1. The highest BCUT2D eigenvalue weighted by Gasteiger charge is 2.20. The molecule has 202 valence electrons. The molecule has 0 bridgehead atoms.